The first kappa shape index (κ1) is 36.9. The predicted octanol–water partition coefficient (Wildman–Crippen LogP) is 14.8. The number of rotatable bonds is 6. The molecule has 4 nitrogen and oxygen atoms in total. The molecule has 8 aromatic carbocycles. The molecule has 2 aromatic heterocycles. The summed E-state index contributed by atoms with van der Waals surface area (Å²) in [4.78, 5) is 15.7. The zero-order chi connectivity index (χ0) is 41.3. The minimum atomic E-state index is 0.103. The zero-order valence-electron chi connectivity index (χ0n) is 35.0. The van der Waals surface area contributed by atoms with Gasteiger partial charge in [-0.3, -0.25) is 0 Å². The van der Waals surface area contributed by atoms with Crippen LogP contribution in [0.3, 0.4) is 0 Å². The fraction of sp³-hybridized carbons (Fsp3) is 0.140. The van der Waals surface area contributed by atoms with Crippen molar-refractivity contribution in [1.82, 2.24) is 19.5 Å². The molecule has 0 amide bonds. The van der Waals surface area contributed by atoms with Gasteiger partial charge in [-0.25, -0.2) is 15.0 Å². The van der Waals surface area contributed by atoms with Gasteiger partial charge in [0, 0.05) is 33.2 Å². The summed E-state index contributed by atoms with van der Waals surface area (Å²) in [6.07, 6.45) is 2.36. The van der Waals surface area contributed by atoms with Crippen molar-refractivity contribution in [3.05, 3.63) is 193 Å². The average Bonchev–Trinajstić information content (AvgIpc) is 3.64. The Hall–Kier alpha value is -7.17. The molecule has 0 atom stereocenters. The molecule has 4 heteroatoms. The molecule has 0 radical (unpaired) electrons. The zero-order valence-corrected chi connectivity index (χ0v) is 35.0. The van der Waals surface area contributed by atoms with Gasteiger partial charge in [0.25, 0.3) is 0 Å². The van der Waals surface area contributed by atoms with Crippen molar-refractivity contribution in [2.24, 2.45) is 0 Å². The van der Waals surface area contributed by atoms with Crippen LogP contribution in [0.2, 0.25) is 0 Å². The number of benzene rings is 8. The molecule has 10 aromatic rings. The van der Waals surface area contributed by atoms with Crippen LogP contribution in [0.5, 0.6) is 0 Å². The summed E-state index contributed by atoms with van der Waals surface area (Å²) < 4.78 is 2.44. The molecule has 2 heterocycles. The monoisotopic (exact) mass is 786 g/mol. The highest BCUT2D eigenvalue weighted by Gasteiger charge is 2.38. The van der Waals surface area contributed by atoms with Gasteiger partial charge in [-0.05, 0) is 135 Å². The maximum Gasteiger partial charge on any atom is 0.164 e. The Morgan fingerprint density at radius 1 is 0.361 bits per heavy atom. The Labute approximate surface area is 357 Å². The lowest BCUT2D eigenvalue weighted by molar-refractivity contribution is 0.332. The molecule has 294 valence electrons. The third kappa shape index (κ3) is 6.51. The van der Waals surface area contributed by atoms with Crippen molar-refractivity contribution in [3.8, 4) is 62.1 Å². The molecule has 61 heavy (non-hydrogen) atoms. The standard InChI is InChI=1S/C57H46N4/c1-56(2)29-30-57(3,4)50-36-52-48(35-49(50)56)47-21-13-14-22-51(47)61(52)46-27-25-40(26-28-46)53-58-54(42-24-23-39-19-11-12-20-41(39)31-42)60-55(59-53)45-33-43(37-15-7-5-8-16-37)32-44(34-45)38-17-9-6-10-18-38/h5-28,31-36H,29-30H2,1-4H3. The summed E-state index contributed by atoms with van der Waals surface area (Å²) in [7, 11) is 0. The Morgan fingerprint density at radius 3 is 1.52 bits per heavy atom. The van der Waals surface area contributed by atoms with Gasteiger partial charge in [-0.15, -0.1) is 0 Å². The minimum Gasteiger partial charge on any atom is -0.309 e. The first-order chi connectivity index (χ1) is 29.7. The summed E-state index contributed by atoms with van der Waals surface area (Å²) >= 11 is 0. The summed E-state index contributed by atoms with van der Waals surface area (Å²) in [5.41, 5.74) is 14.0. The van der Waals surface area contributed by atoms with E-state index >= 15 is 0 Å². The lowest BCUT2D eigenvalue weighted by Gasteiger charge is -2.42. The van der Waals surface area contributed by atoms with Crippen LogP contribution in [0.25, 0.3) is 94.7 Å². The van der Waals surface area contributed by atoms with E-state index < -0.39 is 0 Å². The lowest BCUT2D eigenvalue weighted by atomic mass is 9.63. The van der Waals surface area contributed by atoms with E-state index in [2.05, 4.69) is 214 Å². The van der Waals surface area contributed by atoms with E-state index in [9.17, 15) is 0 Å². The second-order valence-corrected chi connectivity index (χ2v) is 18.0. The molecule has 0 spiro atoms. The maximum atomic E-state index is 5.27. The minimum absolute atomic E-state index is 0.103. The summed E-state index contributed by atoms with van der Waals surface area (Å²) in [5, 5.41) is 4.90. The van der Waals surface area contributed by atoms with Gasteiger partial charge in [0.05, 0.1) is 11.0 Å². The van der Waals surface area contributed by atoms with Crippen molar-refractivity contribution in [1.29, 1.82) is 0 Å². The molecule has 0 fully saturated rings. The van der Waals surface area contributed by atoms with Crippen LogP contribution < -0.4 is 0 Å². The summed E-state index contributed by atoms with van der Waals surface area (Å²) in [6.45, 7) is 9.63. The first-order valence-electron chi connectivity index (χ1n) is 21.4. The average molecular weight is 787 g/mol. The number of fused-ring (bicyclic) bond motifs is 5. The number of aromatic nitrogens is 4. The van der Waals surface area contributed by atoms with E-state index in [4.69, 9.17) is 15.0 Å². The Balaban J connectivity index is 1.08. The molecule has 0 aliphatic heterocycles. The van der Waals surface area contributed by atoms with Gasteiger partial charge in [0.15, 0.2) is 17.5 Å². The fourth-order valence-electron chi connectivity index (χ4n) is 9.51. The quantitative estimate of drug-likeness (QED) is 0.169. The van der Waals surface area contributed by atoms with E-state index in [1.807, 2.05) is 0 Å². The van der Waals surface area contributed by atoms with E-state index in [0.29, 0.717) is 17.5 Å². The van der Waals surface area contributed by atoms with Crippen LogP contribution in [0.4, 0.5) is 0 Å². The van der Waals surface area contributed by atoms with Crippen molar-refractivity contribution in [2.75, 3.05) is 0 Å². The Kier molecular flexibility index (Phi) is 8.61. The highest BCUT2D eigenvalue weighted by atomic mass is 15.0. The second-order valence-electron chi connectivity index (χ2n) is 18.0. The Bertz CT molecular complexity index is 3230. The fourth-order valence-corrected chi connectivity index (χ4v) is 9.51. The van der Waals surface area contributed by atoms with Crippen LogP contribution in [-0.2, 0) is 10.8 Å². The van der Waals surface area contributed by atoms with E-state index in [-0.39, 0.29) is 10.8 Å². The molecular formula is C57H46N4. The second kappa shape index (κ2) is 14.2. The lowest BCUT2D eigenvalue weighted by Crippen LogP contribution is -2.33. The van der Waals surface area contributed by atoms with Crippen molar-refractivity contribution < 1.29 is 0 Å². The molecule has 11 rings (SSSR count). The highest BCUT2D eigenvalue weighted by molar-refractivity contribution is 6.10. The normalized spacial score (nSPS) is 14.4. The van der Waals surface area contributed by atoms with E-state index in [1.165, 1.54) is 51.2 Å². The molecular weight excluding hydrogens is 741 g/mol. The largest absolute Gasteiger partial charge is 0.309 e. The molecule has 0 saturated heterocycles. The van der Waals surface area contributed by atoms with Gasteiger partial charge in [-0.2, -0.15) is 0 Å². The molecule has 0 bridgehead atoms. The van der Waals surface area contributed by atoms with Crippen LogP contribution >= 0.6 is 0 Å². The predicted molar refractivity (Wildman–Crippen MR) is 254 cm³/mol. The van der Waals surface area contributed by atoms with Gasteiger partial charge in [0.2, 0.25) is 0 Å². The van der Waals surface area contributed by atoms with Crippen LogP contribution in [0.1, 0.15) is 51.7 Å². The molecule has 0 N–H and O–H groups in total. The molecule has 0 unspecified atom stereocenters. The maximum absolute atomic E-state index is 5.27. The van der Waals surface area contributed by atoms with Gasteiger partial charge in [-0.1, -0.05) is 143 Å². The topological polar surface area (TPSA) is 43.6 Å². The van der Waals surface area contributed by atoms with E-state index in [1.54, 1.807) is 0 Å². The molecule has 1 aliphatic carbocycles. The third-order valence-corrected chi connectivity index (χ3v) is 13.1. The third-order valence-electron chi connectivity index (χ3n) is 13.1. The summed E-state index contributed by atoms with van der Waals surface area (Å²) in [6, 6.07) is 65.2. The SMILES string of the molecule is CC1(C)CCC(C)(C)c2cc3c(cc21)c1ccccc1n3-c1ccc(-c2nc(-c3cc(-c4ccccc4)cc(-c4ccccc4)c3)nc(-c3ccc4ccccc4c3)n2)cc1. The Morgan fingerprint density at radius 2 is 0.869 bits per heavy atom. The van der Waals surface area contributed by atoms with Gasteiger partial charge in [0.1, 0.15) is 0 Å². The van der Waals surface area contributed by atoms with Crippen molar-refractivity contribution in [3.63, 3.8) is 0 Å². The van der Waals surface area contributed by atoms with Gasteiger partial charge >= 0.3 is 0 Å². The number of hydrogen-bond acceptors (Lipinski definition) is 3. The van der Waals surface area contributed by atoms with Crippen LogP contribution in [0, 0.1) is 0 Å². The van der Waals surface area contributed by atoms with Gasteiger partial charge < -0.3 is 4.57 Å². The van der Waals surface area contributed by atoms with Crippen LogP contribution in [-0.4, -0.2) is 19.5 Å². The number of hydrogen-bond donors (Lipinski definition) is 0. The molecule has 0 saturated carbocycles. The smallest absolute Gasteiger partial charge is 0.164 e. The molecule has 1 aliphatic rings. The first-order valence-corrected chi connectivity index (χ1v) is 21.4. The number of nitrogens with zero attached hydrogens (tertiary/aromatic N) is 4. The van der Waals surface area contributed by atoms with Crippen molar-refractivity contribution >= 4 is 32.6 Å². The van der Waals surface area contributed by atoms with E-state index in [0.717, 1.165) is 50.0 Å². The highest BCUT2D eigenvalue weighted by Crippen LogP contribution is 2.48. The van der Waals surface area contributed by atoms with Crippen molar-refractivity contribution in [2.45, 2.75) is 51.4 Å². The number of para-hydroxylation sites is 1. The summed E-state index contributed by atoms with van der Waals surface area (Å²) in [5.74, 6) is 1.90. The van der Waals surface area contributed by atoms with Crippen LogP contribution in [0.15, 0.2) is 182 Å².